The average molecular weight is 430 g/mol. The zero-order valence-corrected chi connectivity index (χ0v) is 16.7. The van der Waals surface area contributed by atoms with Crippen molar-refractivity contribution < 1.29 is 28.2 Å². The smallest absolute Gasteiger partial charge is 0.257 e. The molecule has 0 aliphatic carbocycles. The number of hydrogen-bond acceptors (Lipinski definition) is 5. The number of ether oxygens (including phenoxy) is 1. The minimum absolute atomic E-state index is 0.0299. The number of carbonyl (C=O) groups excluding carboxylic acids is 2. The van der Waals surface area contributed by atoms with E-state index < -0.39 is 51.6 Å². The van der Waals surface area contributed by atoms with E-state index in [-0.39, 0.29) is 24.3 Å². The predicted octanol–water partition coefficient (Wildman–Crippen LogP) is 2.31. The number of halogens is 2. The minimum atomic E-state index is -0.996. The highest BCUT2D eigenvalue weighted by Crippen LogP contribution is 2.40. The summed E-state index contributed by atoms with van der Waals surface area (Å²) in [4.78, 5) is 38.4. The fraction of sp³-hybridized carbons (Fsp3) is 0.318. The lowest BCUT2D eigenvalue weighted by Gasteiger charge is -2.40. The number of aromatic nitrogens is 1. The maximum absolute atomic E-state index is 13.8. The van der Waals surface area contributed by atoms with Crippen molar-refractivity contribution >= 4 is 11.7 Å². The van der Waals surface area contributed by atoms with E-state index >= 15 is 0 Å². The molecule has 2 aromatic rings. The first kappa shape index (κ1) is 20.9. The molecule has 3 heterocycles. The molecule has 0 saturated heterocycles. The van der Waals surface area contributed by atoms with Crippen molar-refractivity contribution in [3.63, 3.8) is 0 Å². The Morgan fingerprint density at radius 3 is 2.84 bits per heavy atom. The Kier molecular flexibility index (Phi) is 5.22. The van der Waals surface area contributed by atoms with Crippen molar-refractivity contribution in [1.82, 2.24) is 9.88 Å². The highest BCUT2D eigenvalue weighted by Gasteiger charge is 2.48. The molecule has 9 heteroatoms. The van der Waals surface area contributed by atoms with Crippen molar-refractivity contribution in [2.45, 2.75) is 32.5 Å². The standard InChI is InChI=1S/C22H20F2N2O5/c1-22-6-2-3-7-31-16(22)11-26-10-14(18(27)19(28)17(26)20(22)29)21(30)25-9-12-4-5-13(23)8-15(12)24/h2-5,8,10,16,28H,6-7,9,11H2,1H3,(H,25,30). The topological polar surface area (TPSA) is 97.6 Å². The van der Waals surface area contributed by atoms with E-state index in [1.54, 1.807) is 13.0 Å². The van der Waals surface area contributed by atoms with Gasteiger partial charge in [-0.2, -0.15) is 0 Å². The predicted molar refractivity (Wildman–Crippen MR) is 106 cm³/mol. The molecule has 2 unspecified atom stereocenters. The van der Waals surface area contributed by atoms with Gasteiger partial charge in [0.15, 0.2) is 11.5 Å². The number of ketones is 1. The zero-order chi connectivity index (χ0) is 22.3. The summed E-state index contributed by atoms with van der Waals surface area (Å²) < 4.78 is 33.9. The molecular weight excluding hydrogens is 410 g/mol. The number of pyridine rings is 1. The van der Waals surface area contributed by atoms with Crippen molar-refractivity contribution in [3.05, 3.63) is 75.2 Å². The van der Waals surface area contributed by atoms with Crippen LogP contribution in [0.4, 0.5) is 8.78 Å². The lowest BCUT2D eigenvalue weighted by atomic mass is 9.73. The van der Waals surface area contributed by atoms with Crippen LogP contribution in [0.3, 0.4) is 0 Å². The molecule has 4 rings (SSSR count). The van der Waals surface area contributed by atoms with Gasteiger partial charge in [-0.1, -0.05) is 18.2 Å². The summed E-state index contributed by atoms with van der Waals surface area (Å²) in [6.07, 6.45) is 4.73. The Morgan fingerprint density at radius 1 is 1.32 bits per heavy atom. The lowest BCUT2D eigenvalue weighted by Crippen LogP contribution is -2.49. The molecular formula is C22H20F2N2O5. The number of carbonyl (C=O) groups is 2. The van der Waals surface area contributed by atoms with Gasteiger partial charge in [-0.25, -0.2) is 8.78 Å². The molecule has 0 bridgehead atoms. The SMILES string of the molecule is CC12CC=CCOC1Cn1cc(C(=O)NCc3ccc(F)cc3F)c(=O)c(O)c1C2=O. The third-order valence-corrected chi connectivity index (χ3v) is 5.86. The van der Waals surface area contributed by atoms with E-state index in [0.717, 1.165) is 6.07 Å². The largest absolute Gasteiger partial charge is 0.503 e. The van der Waals surface area contributed by atoms with Gasteiger partial charge in [0.25, 0.3) is 5.91 Å². The van der Waals surface area contributed by atoms with E-state index in [4.69, 9.17) is 4.74 Å². The summed E-state index contributed by atoms with van der Waals surface area (Å²) in [6.45, 7) is 1.92. The molecule has 2 aliphatic rings. The van der Waals surface area contributed by atoms with Crippen LogP contribution in [0.25, 0.3) is 0 Å². The third-order valence-electron chi connectivity index (χ3n) is 5.86. The summed E-state index contributed by atoms with van der Waals surface area (Å²) in [5.41, 5.74) is -2.47. The number of hydrogen-bond donors (Lipinski definition) is 2. The van der Waals surface area contributed by atoms with E-state index in [9.17, 15) is 28.3 Å². The van der Waals surface area contributed by atoms with Crippen molar-refractivity contribution in [3.8, 4) is 5.75 Å². The quantitative estimate of drug-likeness (QED) is 0.729. The Balaban J connectivity index is 1.65. The minimum Gasteiger partial charge on any atom is -0.503 e. The Labute approximate surface area is 176 Å². The van der Waals surface area contributed by atoms with Gasteiger partial charge in [0.1, 0.15) is 22.9 Å². The van der Waals surface area contributed by atoms with Gasteiger partial charge in [-0.05, 0) is 19.4 Å². The summed E-state index contributed by atoms with van der Waals surface area (Å²) in [5, 5.41) is 12.9. The normalized spacial score (nSPS) is 22.4. The number of aromatic hydroxyl groups is 1. The first-order chi connectivity index (χ1) is 14.7. The molecule has 0 radical (unpaired) electrons. The van der Waals surface area contributed by atoms with Crippen molar-refractivity contribution in [2.24, 2.45) is 5.41 Å². The van der Waals surface area contributed by atoms with Crippen molar-refractivity contribution in [2.75, 3.05) is 6.61 Å². The number of nitrogens with one attached hydrogen (secondary N) is 1. The van der Waals surface area contributed by atoms with Gasteiger partial charge >= 0.3 is 0 Å². The second kappa shape index (κ2) is 7.73. The first-order valence-electron chi connectivity index (χ1n) is 9.72. The van der Waals surface area contributed by atoms with Gasteiger partial charge in [0.2, 0.25) is 5.43 Å². The molecule has 2 atom stereocenters. The molecule has 2 aliphatic heterocycles. The number of Topliss-reactive ketones (excluding diaryl/α,β-unsaturated/α-hetero) is 1. The number of rotatable bonds is 3. The maximum atomic E-state index is 13.8. The second-order valence-electron chi connectivity index (χ2n) is 7.88. The summed E-state index contributed by atoms with van der Waals surface area (Å²) in [7, 11) is 0. The molecule has 31 heavy (non-hydrogen) atoms. The zero-order valence-electron chi connectivity index (χ0n) is 16.7. The monoisotopic (exact) mass is 430 g/mol. The Morgan fingerprint density at radius 2 is 2.10 bits per heavy atom. The third kappa shape index (κ3) is 3.54. The van der Waals surface area contributed by atoms with Gasteiger partial charge in [0.05, 0.1) is 24.7 Å². The lowest BCUT2D eigenvalue weighted by molar-refractivity contribution is -0.0235. The number of benzene rings is 1. The molecule has 0 saturated carbocycles. The molecule has 0 fully saturated rings. The van der Waals surface area contributed by atoms with E-state index in [0.29, 0.717) is 19.1 Å². The molecule has 1 amide bonds. The van der Waals surface area contributed by atoms with Crippen LogP contribution in [0.1, 0.15) is 39.8 Å². The number of nitrogens with zero attached hydrogens (tertiary/aromatic N) is 1. The highest BCUT2D eigenvalue weighted by molar-refractivity contribution is 6.03. The number of allylic oxidation sites excluding steroid dienone is 1. The van der Waals surface area contributed by atoms with E-state index in [1.165, 1.54) is 16.8 Å². The van der Waals surface area contributed by atoms with Crippen LogP contribution in [0.15, 0.2) is 41.3 Å². The van der Waals surface area contributed by atoms with E-state index in [2.05, 4.69) is 5.32 Å². The number of amides is 1. The summed E-state index contributed by atoms with van der Waals surface area (Å²) >= 11 is 0. The van der Waals surface area contributed by atoms with Gasteiger partial charge in [-0.3, -0.25) is 14.4 Å². The molecule has 2 N–H and O–H groups in total. The average Bonchev–Trinajstić information content (AvgIpc) is 2.92. The summed E-state index contributed by atoms with van der Waals surface area (Å²) in [5.74, 6) is -3.69. The molecule has 7 nitrogen and oxygen atoms in total. The molecule has 0 spiro atoms. The van der Waals surface area contributed by atoms with Crippen molar-refractivity contribution in [1.29, 1.82) is 0 Å². The molecule has 1 aromatic heterocycles. The highest BCUT2D eigenvalue weighted by atomic mass is 19.1. The first-order valence-corrected chi connectivity index (χ1v) is 9.72. The van der Waals surface area contributed by atoms with Gasteiger partial charge in [0, 0.05) is 24.4 Å². The van der Waals surface area contributed by atoms with Crippen LogP contribution in [0.2, 0.25) is 0 Å². The van der Waals surface area contributed by atoms with Crippen LogP contribution >= 0.6 is 0 Å². The molecule has 162 valence electrons. The van der Waals surface area contributed by atoms with Crippen LogP contribution in [0, 0.1) is 17.0 Å². The van der Waals surface area contributed by atoms with Gasteiger partial charge in [-0.15, -0.1) is 0 Å². The summed E-state index contributed by atoms with van der Waals surface area (Å²) in [6, 6.07) is 2.92. The van der Waals surface area contributed by atoms with Crippen LogP contribution in [-0.2, 0) is 17.8 Å². The Hall–Kier alpha value is -3.33. The van der Waals surface area contributed by atoms with Crippen LogP contribution in [-0.4, -0.2) is 34.1 Å². The maximum Gasteiger partial charge on any atom is 0.257 e. The fourth-order valence-corrected chi connectivity index (χ4v) is 3.96. The number of fused-ring (bicyclic) bond motifs is 2. The van der Waals surface area contributed by atoms with E-state index in [1.807, 2.05) is 6.08 Å². The van der Waals surface area contributed by atoms with Gasteiger partial charge < -0.3 is 19.7 Å². The van der Waals surface area contributed by atoms with Crippen LogP contribution < -0.4 is 10.7 Å². The molecule has 1 aromatic carbocycles. The Bertz CT molecular complexity index is 1170. The fourth-order valence-electron chi connectivity index (χ4n) is 3.96. The van der Waals surface area contributed by atoms with Crippen LogP contribution in [0.5, 0.6) is 5.75 Å². The second-order valence-corrected chi connectivity index (χ2v) is 7.88.